The van der Waals surface area contributed by atoms with Crippen LogP contribution >= 0.6 is 0 Å². The number of hydrogen-bond donors (Lipinski definition) is 1. The van der Waals surface area contributed by atoms with E-state index in [2.05, 4.69) is 21.4 Å². The monoisotopic (exact) mass is 489 g/mol. The summed E-state index contributed by atoms with van der Waals surface area (Å²) in [5.74, 6) is 0.868. The summed E-state index contributed by atoms with van der Waals surface area (Å²) in [5.41, 5.74) is -0.0742. The van der Waals surface area contributed by atoms with Crippen molar-refractivity contribution >= 4 is 5.95 Å². The van der Waals surface area contributed by atoms with Gasteiger partial charge < -0.3 is 22.1 Å². The molecule has 1 aliphatic heterocycles. The predicted octanol–water partition coefficient (Wildman–Crippen LogP) is 2.74. The van der Waals surface area contributed by atoms with Crippen molar-refractivity contribution in [2.45, 2.75) is 96.2 Å². The number of unbranched alkanes of at least 4 members (excludes halogenated alkanes) is 11. The van der Waals surface area contributed by atoms with Crippen molar-refractivity contribution in [3.8, 4) is 0 Å². The fourth-order valence-electron chi connectivity index (χ4n) is 4.58. The number of rotatable bonds is 14. The lowest BCUT2D eigenvalue weighted by Crippen LogP contribution is -3.00. The van der Waals surface area contributed by atoms with Crippen LogP contribution in [0.4, 0.5) is 5.95 Å². The Hall–Kier alpha value is -1.46. The number of benzene rings is 1. The summed E-state index contributed by atoms with van der Waals surface area (Å²) in [4.78, 5) is 6.66. The van der Waals surface area contributed by atoms with E-state index >= 15 is 0 Å². The number of fused-ring (bicyclic) bond motifs is 1. The summed E-state index contributed by atoms with van der Waals surface area (Å²) >= 11 is 0. The summed E-state index contributed by atoms with van der Waals surface area (Å²) < 4.78 is 2.06. The van der Waals surface area contributed by atoms with Gasteiger partial charge in [-0.25, -0.2) is 9.47 Å². The molecule has 0 radical (unpaired) electrons. The number of halogens is 1. The van der Waals surface area contributed by atoms with Gasteiger partial charge in [-0.1, -0.05) is 113 Å². The van der Waals surface area contributed by atoms with Crippen LogP contribution in [-0.2, 0) is 12.3 Å². The molecule has 0 saturated carbocycles. The van der Waals surface area contributed by atoms with Crippen molar-refractivity contribution in [2.75, 3.05) is 11.4 Å². The Morgan fingerprint density at radius 1 is 0.871 bits per heavy atom. The van der Waals surface area contributed by atoms with Gasteiger partial charge in [-0.2, -0.15) is 0 Å². The van der Waals surface area contributed by atoms with E-state index in [1.54, 1.807) is 0 Å². The van der Waals surface area contributed by atoms with Gasteiger partial charge in [0.15, 0.2) is 0 Å². The SMILES string of the molecule is CCCCCCCCCCCCCCN1c2nccc[n+]2CC1(O)c1ccccc1.[Br-]. The van der Waals surface area contributed by atoms with Gasteiger partial charge in [-0.3, -0.25) is 0 Å². The molecule has 1 aromatic heterocycles. The molecule has 1 N–H and O–H groups in total. The maximum Gasteiger partial charge on any atom is 0.396 e. The van der Waals surface area contributed by atoms with Crippen molar-refractivity contribution in [1.82, 2.24) is 4.98 Å². The quantitative estimate of drug-likeness (QED) is 0.327. The number of nitrogens with zero attached hydrogens (tertiary/aromatic N) is 3. The van der Waals surface area contributed by atoms with Crippen molar-refractivity contribution < 1.29 is 26.7 Å². The number of aliphatic hydroxyl groups is 1. The highest BCUT2D eigenvalue weighted by Gasteiger charge is 2.50. The molecule has 0 spiro atoms. The molecule has 0 amide bonds. The summed E-state index contributed by atoms with van der Waals surface area (Å²) in [7, 11) is 0. The first-order chi connectivity index (χ1) is 14.8. The van der Waals surface area contributed by atoms with E-state index in [1.165, 1.54) is 70.6 Å². The lowest BCUT2D eigenvalue weighted by atomic mass is 10.0. The van der Waals surface area contributed by atoms with Crippen LogP contribution in [0.2, 0.25) is 0 Å². The van der Waals surface area contributed by atoms with Gasteiger partial charge in [0, 0.05) is 11.6 Å². The van der Waals surface area contributed by atoms with Crippen LogP contribution in [0.3, 0.4) is 0 Å². The third-order valence-corrected chi connectivity index (χ3v) is 6.35. The van der Waals surface area contributed by atoms with Gasteiger partial charge in [0.2, 0.25) is 5.72 Å². The minimum absolute atomic E-state index is 0. The van der Waals surface area contributed by atoms with E-state index in [-0.39, 0.29) is 17.0 Å². The van der Waals surface area contributed by atoms with Crippen molar-refractivity contribution in [3.05, 3.63) is 54.4 Å². The lowest BCUT2D eigenvalue weighted by molar-refractivity contribution is -0.685. The Bertz CT molecular complexity index is 742. The van der Waals surface area contributed by atoms with Crippen LogP contribution in [0, 0.1) is 0 Å². The van der Waals surface area contributed by atoms with Crippen LogP contribution in [0.1, 0.15) is 89.5 Å². The zero-order chi connectivity index (χ0) is 21.1. The second-order valence-corrected chi connectivity index (χ2v) is 8.77. The predicted molar refractivity (Wildman–Crippen MR) is 123 cm³/mol. The van der Waals surface area contributed by atoms with Gasteiger partial charge in [0.1, 0.15) is 12.7 Å². The molecular weight excluding hydrogens is 450 g/mol. The fraction of sp³-hybridized carbons (Fsp3) is 0.615. The van der Waals surface area contributed by atoms with Gasteiger partial charge in [-0.15, -0.1) is 0 Å². The molecule has 1 atom stereocenters. The zero-order valence-electron chi connectivity index (χ0n) is 19.2. The molecule has 4 nitrogen and oxygen atoms in total. The van der Waals surface area contributed by atoms with Crippen molar-refractivity contribution in [1.29, 1.82) is 0 Å². The lowest BCUT2D eigenvalue weighted by Gasteiger charge is -2.28. The average Bonchev–Trinajstić information content (AvgIpc) is 3.07. The van der Waals surface area contributed by atoms with Crippen LogP contribution in [0.5, 0.6) is 0 Å². The molecule has 0 bridgehead atoms. The maximum absolute atomic E-state index is 11.6. The Morgan fingerprint density at radius 2 is 1.45 bits per heavy atom. The summed E-state index contributed by atoms with van der Waals surface area (Å²) in [6.07, 6.45) is 19.9. The van der Waals surface area contributed by atoms with Gasteiger partial charge in [-0.05, 0) is 6.42 Å². The smallest absolute Gasteiger partial charge is 0.396 e. The molecule has 3 rings (SSSR count). The molecular formula is C26H40BrN3O. The third kappa shape index (κ3) is 7.28. The van der Waals surface area contributed by atoms with Gasteiger partial charge in [0.25, 0.3) is 0 Å². The molecule has 1 aliphatic rings. The van der Waals surface area contributed by atoms with E-state index in [0.29, 0.717) is 6.54 Å². The molecule has 172 valence electrons. The standard InChI is InChI=1S/C26H40N3O.BrH/c1-2-3-4-5-6-7-8-9-10-11-12-16-22-29-25-27-20-17-21-28(25)23-26(29,30)24-18-14-13-15-19-24;/h13-15,17-21,30H,2-12,16,22-23H2,1H3;1H/q+1;/p-1. The Labute approximate surface area is 199 Å². The van der Waals surface area contributed by atoms with Gasteiger partial charge >= 0.3 is 5.95 Å². The molecule has 2 aromatic rings. The van der Waals surface area contributed by atoms with Crippen LogP contribution in [-0.4, -0.2) is 16.6 Å². The molecule has 31 heavy (non-hydrogen) atoms. The maximum atomic E-state index is 11.6. The zero-order valence-corrected chi connectivity index (χ0v) is 20.8. The summed E-state index contributed by atoms with van der Waals surface area (Å²) in [6.45, 7) is 3.64. The van der Waals surface area contributed by atoms with E-state index in [9.17, 15) is 5.11 Å². The fourth-order valence-corrected chi connectivity index (χ4v) is 4.58. The molecule has 0 saturated heterocycles. The minimum Gasteiger partial charge on any atom is -1.00 e. The summed E-state index contributed by atoms with van der Waals surface area (Å²) in [6, 6.07) is 12.0. The molecule has 1 unspecified atom stereocenters. The Morgan fingerprint density at radius 3 is 2.06 bits per heavy atom. The number of hydrogen-bond acceptors (Lipinski definition) is 3. The van der Waals surface area contributed by atoms with Crippen LogP contribution in [0.25, 0.3) is 0 Å². The second kappa shape index (κ2) is 13.8. The topological polar surface area (TPSA) is 40.2 Å². The third-order valence-electron chi connectivity index (χ3n) is 6.35. The Balaban J connectivity index is 0.00000341. The normalized spacial score (nSPS) is 17.4. The molecule has 0 aliphatic carbocycles. The minimum atomic E-state index is -1.01. The first-order valence-corrected chi connectivity index (χ1v) is 12.2. The van der Waals surface area contributed by atoms with Gasteiger partial charge in [0.05, 0.1) is 12.7 Å². The number of aromatic nitrogens is 2. The Kier molecular flexibility index (Phi) is 11.5. The first kappa shape index (κ1) is 25.8. The van der Waals surface area contributed by atoms with Crippen molar-refractivity contribution in [2.24, 2.45) is 0 Å². The molecule has 0 fully saturated rings. The molecule has 1 aromatic carbocycles. The van der Waals surface area contributed by atoms with Crippen molar-refractivity contribution in [3.63, 3.8) is 0 Å². The number of anilines is 1. The molecule has 2 heterocycles. The van der Waals surface area contributed by atoms with E-state index in [1.807, 2.05) is 48.8 Å². The van der Waals surface area contributed by atoms with Crippen LogP contribution in [0.15, 0.2) is 48.8 Å². The second-order valence-electron chi connectivity index (χ2n) is 8.77. The van der Waals surface area contributed by atoms with E-state index in [0.717, 1.165) is 24.5 Å². The highest BCUT2D eigenvalue weighted by molar-refractivity contribution is 5.37. The summed E-state index contributed by atoms with van der Waals surface area (Å²) in [5, 5.41) is 11.6. The highest BCUT2D eigenvalue weighted by Crippen LogP contribution is 2.33. The van der Waals surface area contributed by atoms with E-state index in [4.69, 9.17) is 0 Å². The highest BCUT2D eigenvalue weighted by atomic mass is 79.9. The molecule has 5 heteroatoms. The largest absolute Gasteiger partial charge is 1.00 e. The average molecular weight is 491 g/mol. The van der Waals surface area contributed by atoms with E-state index < -0.39 is 5.72 Å². The van der Waals surface area contributed by atoms with Crippen LogP contribution < -0.4 is 26.4 Å². The first-order valence-electron chi connectivity index (χ1n) is 12.2.